The van der Waals surface area contributed by atoms with Gasteiger partial charge in [-0.1, -0.05) is 49.2 Å². The summed E-state index contributed by atoms with van der Waals surface area (Å²) in [5.41, 5.74) is 0.889. The molecule has 0 heterocycles. The standard InChI is InChI=1S/C25H32Cl2FN3O4S/c1-17(2)15-29-25(33)18(3)30(16-19-7-10-21(28)11-8-19)24(32)6-5-13-31(36(4,34)35)23-14-20(26)9-12-22(23)27/h7-12,14,17-18H,5-6,13,15-16H2,1-4H3,(H,29,33)/t18-/m1/s1. The van der Waals surface area contributed by atoms with Crippen LogP contribution in [-0.2, 0) is 26.2 Å². The predicted molar refractivity (Wildman–Crippen MR) is 142 cm³/mol. The monoisotopic (exact) mass is 559 g/mol. The first-order chi connectivity index (χ1) is 16.8. The number of nitrogens with one attached hydrogen (secondary N) is 1. The van der Waals surface area contributed by atoms with E-state index in [-0.39, 0.29) is 54.4 Å². The molecule has 2 rings (SSSR count). The average Bonchev–Trinajstić information content (AvgIpc) is 2.80. The highest BCUT2D eigenvalue weighted by Gasteiger charge is 2.27. The highest BCUT2D eigenvalue weighted by Crippen LogP contribution is 2.31. The van der Waals surface area contributed by atoms with Gasteiger partial charge in [0.2, 0.25) is 21.8 Å². The molecule has 0 radical (unpaired) electrons. The zero-order chi connectivity index (χ0) is 27.0. The number of sulfonamides is 1. The van der Waals surface area contributed by atoms with E-state index in [4.69, 9.17) is 23.2 Å². The number of rotatable bonds is 12. The Hall–Kier alpha value is -2.36. The number of hydrogen-bond donors (Lipinski definition) is 1. The summed E-state index contributed by atoms with van der Waals surface area (Å²) in [6.07, 6.45) is 1.20. The molecule has 1 atom stereocenters. The van der Waals surface area contributed by atoms with Gasteiger partial charge in [-0.25, -0.2) is 12.8 Å². The van der Waals surface area contributed by atoms with Crippen molar-refractivity contribution < 1.29 is 22.4 Å². The lowest BCUT2D eigenvalue weighted by molar-refractivity contribution is -0.140. The van der Waals surface area contributed by atoms with E-state index in [0.717, 1.165) is 10.6 Å². The van der Waals surface area contributed by atoms with E-state index in [9.17, 15) is 22.4 Å². The molecule has 0 saturated heterocycles. The lowest BCUT2D eigenvalue weighted by Gasteiger charge is -2.30. The summed E-state index contributed by atoms with van der Waals surface area (Å²) in [6.45, 7) is 6.11. The van der Waals surface area contributed by atoms with Gasteiger partial charge in [0.25, 0.3) is 0 Å². The molecular weight excluding hydrogens is 528 g/mol. The Balaban J connectivity index is 2.18. The van der Waals surface area contributed by atoms with Gasteiger partial charge in [-0.3, -0.25) is 13.9 Å². The van der Waals surface area contributed by atoms with Crippen LogP contribution in [0.4, 0.5) is 10.1 Å². The molecule has 7 nitrogen and oxygen atoms in total. The molecule has 2 aromatic rings. The summed E-state index contributed by atoms with van der Waals surface area (Å²) in [6, 6.07) is 9.42. The third kappa shape index (κ3) is 8.94. The quantitative estimate of drug-likeness (QED) is 0.402. The summed E-state index contributed by atoms with van der Waals surface area (Å²) in [7, 11) is -3.71. The van der Waals surface area contributed by atoms with Crippen LogP contribution in [0.15, 0.2) is 42.5 Å². The molecule has 11 heteroatoms. The molecule has 36 heavy (non-hydrogen) atoms. The average molecular weight is 561 g/mol. The van der Waals surface area contributed by atoms with Crippen molar-refractivity contribution in [2.75, 3.05) is 23.7 Å². The maximum absolute atomic E-state index is 13.4. The van der Waals surface area contributed by atoms with Gasteiger partial charge in [0.15, 0.2) is 0 Å². The SMILES string of the molecule is CC(C)CNC(=O)[C@@H](C)N(Cc1ccc(F)cc1)C(=O)CCCN(c1cc(Cl)ccc1Cl)S(C)(=O)=O. The van der Waals surface area contributed by atoms with Crippen molar-refractivity contribution in [3.63, 3.8) is 0 Å². The minimum Gasteiger partial charge on any atom is -0.354 e. The Morgan fingerprint density at radius 3 is 2.28 bits per heavy atom. The molecule has 0 bridgehead atoms. The number of amides is 2. The first-order valence-corrected chi connectivity index (χ1v) is 14.1. The van der Waals surface area contributed by atoms with E-state index in [1.54, 1.807) is 25.1 Å². The van der Waals surface area contributed by atoms with E-state index in [1.807, 2.05) is 13.8 Å². The van der Waals surface area contributed by atoms with Gasteiger partial charge < -0.3 is 10.2 Å². The molecular formula is C25H32Cl2FN3O4S. The Morgan fingerprint density at radius 1 is 1.06 bits per heavy atom. The van der Waals surface area contributed by atoms with Gasteiger partial charge in [-0.2, -0.15) is 0 Å². The van der Waals surface area contributed by atoms with Gasteiger partial charge in [-0.15, -0.1) is 0 Å². The van der Waals surface area contributed by atoms with Crippen LogP contribution in [0.2, 0.25) is 10.0 Å². The van der Waals surface area contributed by atoms with Crippen LogP contribution in [0.5, 0.6) is 0 Å². The van der Waals surface area contributed by atoms with Gasteiger partial charge in [-0.05, 0) is 55.2 Å². The molecule has 198 valence electrons. The predicted octanol–water partition coefficient (Wildman–Crippen LogP) is 4.87. The van der Waals surface area contributed by atoms with Crippen LogP contribution in [0, 0.1) is 11.7 Å². The second kappa shape index (κ2) is 13.3. The van der Waals surface area contributed by atoms with Gasteiger partial charge in [0.1, 0.15) is 11.9 Å². The fraction of sp³-hybridized carbons (Fsp3) is 0.440. The van der Waals surface area contributed by atoms with E-state index >= 15 is 0 Å². The third-order valence-electron chi connectivity index (χ3n) is 5.45. The van der Waals surface area contributed by atoms with Crippen molar-refractivity contribution in [1.29, 1.82) is 0 Å². The molecule has 0 aliphatic carbocycles. The lowest BCUT2D eigenvalue weighted by Crippen LogP contribution is -2.48. The summed E-state index contributed by atoms with van der Waals surface area (Å²) >= 11 is 12.2. The highest BCUT2D eigenvalue weighted by molar-refractivity contribution is 7.92. The Bertz CT molecular complexity index is 1160. The first-order valence-electron chi connectivity index (χ1n) is 11.5. The number of carbonyl (C=O) groups is 2. The van der Waals surface area contributed by atoms with Gasteiger partial charge in [0.05, 0.1) is 17.0 Å². The van der Waals surface area contributed by atoms with Gasteiger partial charge in [0, 0.05) is 31.1 Å². The number of halogens is 3. The zero-order valence-corrected chi connectivity index (χ0v) is 23.1. The molecule has 2 amide bonds. The molecule has 0 aliphatic rings. The van der Waals surface area contributed by atoms with Crippen LogP contribution >= 0.6 is 23.2 Å². The summed E-state index contributed by atoms with van der Waals surface area (Å²) in [4.78, 5) is 27.4. The number of anilines is 1. The van der Waals surface area contributed by atoms with E-state index in [0.29, 0.717) is 17.1 Å². The lowest BCUT2D eigenvalue weighted by atomic mass is 10.1. The van der Waals surface area contributed by atoms with Crippen LogP contribution in [-0.4, -0.2) is 50.5 Å². The second-order valence-corrected chi connectivity index (χ2v) is 11.7. The molecule has 0 spiro atoms. The molecule has 0 fully saturated rings. The largest absolute Gasteiger partial charge is 0.354 e. The van der Waals surface area contributed by atoms with Crippen LogP contribution in [0.25, 0.3) is 0 Å². The molecule has 0 aromatic heterocycles. The Kier molecular flexibility index (Phi) is 11.0. The second-order valence-electron chi connectivity index (χ2n) is 9.00. The topological polar surface area (TPSA) is 86.8 Å². The fourth-order valence-electron chi connectivity index (χ4n) is 3.48. The van der Waals surface area contributed by atoms with Crippen molar-refractivity contribution in [1.82, 2.24) is 10.2 Å². The highest BCUT2D eigenvalue weighted by atomic mass is 35.5. The maximum Gasteiger partial charge on any atom is 0.242 e. The zero-order valence-electron chi connectivity index (χ0n) is 20.8. The van der Waals surface area contributed by atoms with E-state index in [2.05, 4.69) is 5.32 Å². The van der Waals surface area contributed by atoms with Crippen molar-refractivity contribution in [3.05, 3.63) is 63.9 Å². The number of nitrogens with zero attached hydrogens (tertiary/aromatic N) is 2. The van der Waals surface area contributed by atoms with Crippen molar-refractivity contribution >= 4 is 50.7 Å². The number of carbonyl (C=O) groups excluding carboxylic acids is 2. The fourth-order valence-corrected chi connectivity index (χ4v) is 4.89. The molecule has 0 aliphatic heterocycles. The summed E-state index contributed by atoms with van der Waals surface area (Å²) in [5, 5.41) is 3.37. The number of hydrogen-bond acceptors (Lipinski definition) is 4. The third-order valence-corrected chi connectivity index (χ3v) is 7.18. The molecule has 1 N–H and O–H groups in total. The van der Waals surface area contributed by atoms with Crippen molar-refractivity contribution in [2.24, 2.45) is 5.92 Å². The van der Waals surface area contributed by atoms with E-state index < -0.39 is 21.9 Å². The summed E-state index contributed by atoms with van der Waals surface area (Å²) in [5.74, 6) is -0.803. The van der Waals surface area contributed by atoms with Crippen LogP contribution in [0.3, 0.4) is 0 Å². The smallest absolute Gasteiger partial charge is 0.242 e. The molecule has 2 aromatic carbocycles. The first kappa shape index (κ1) is 29.9. The molecule has 0 unspecified atom stereocenters. The maximum atomic E-state index is 13.4. The minimum absolute atomic E-state index is 0.0110. The normalized spacial score (nSPS) is 12.3. The Labute approximate surface area is 222 Å². The minimum atomic E-state index is -3.71. The van der Waals surface area contributed by atoms with Crippen molar-refractivity contribution in [3.8, 4) is 0 Å². The Morgan fingerprint density at radius 2 is 1.69 bits per heavy atom. The summed E-state index contributed by atoms with van der Waals surface area (Å²) < 4.78 is 39.4. The molecule has 0 saturated carbocycles. The van der Waals surface area contributed by atoms with Gasteiger partial charge >= 0.3 is 0 Å². The van der Waals surface area contributed by atoms with Crippen LogP contribution < -0.4 is 9.62 Å². The van der Waals surface area contributed by atoms with Crippen LogP contribution in [0.1, 0.15) is 39.2 Å². The number of benzene rings is 2. The van der Waals surface area contributed by atoms with Crippen molar-refractivity contribution in [2.45, 2.75) is 46.2 Å². The van der Waals surface area contributed by atoms with E-state index in [1.165, 1.54) is 29.2 Å².